The van der Waals surface area contributed by atoms with Crippen LogP contribution in [-0.2, 0) is 11.3 Å². The number of rotatable bonds is 7. The molecule has 0 saturated heterocycles. The van der Waals surface area contributed by atoms with Crippen LogP contribution in [0.25, 0.3) is 17.1 Å². The summed E-state index contributed by atoms with van der Waals surface area (Å²) in [7, 11) is 0. The summed E-state index contributed by atoms with van der Waals surface area (Å²) < 4.78 is 12.7. The predicted molar refractivity (Wildman–Crippen MR) is 129 cm³/mol. The number of thioether (sulfide) groups is 1. The van der Waals surface area contributed by atoms with Crippen LogP contribution in [0.4, 0.5) is 0 Å². The van der Waals surface area contributed by atoms with Crippen LogP contribution >= 0.6 is 11.8 Å². The van der Waals surface area contributed by atoms with E-state index in [1.165, 1.54) is 11.8 Å². The summed E-state index contributed by atoms with van der Waals surface area (Å²) >= 11 is 1.36. The van der Waals surface area contributed by atoms with E-state index in [0.29, 0.717) is 23.3 Å². The maximum absolute atomic E-state index is 12.9. The topological polar surface area (TPSA) is 91.2 Å². The molecule has 0 bridgehead atoms. The van der Waals surface area contributed by atoms with Crippen LogP contribution in [0.3, 0.4) is 0 Å². The van der Waals surface area contributed by atoms with Crippen LogP contribution < -0.4 is 14.8 Å². The van der Waals surface area contributed by atoms with E-state index in [4.69, 9.17) is 9.47 Å². The van der Waals surface area contributed by atoms with Crippen LogP contribution in [0.5, 0.6) is 11.5 Å². The van der Waals surface area contributed by atoms with E-state index in [-0.39, 0.29) is 18.0 Å². The van der Waals surface area contributed by atoms with Gasteiger partial charge in [-0.1, -0.05) is 36.0 Å². The van der Waals surface area contributed by atoms with Crippen LogP contribution in [0.1, 0.15) is 18.1 Å². The van der Waals surface area contributed by atoms with E-state index in [1.54, 1.807) is 12.4 Å². The number of hydrogen-bond donors (Lipinski definition) is 1. The fraction of sp³-hybridized carbons (Fsp3) is 0.200. The molecule has 9 heteroatoms. The van der Waals surface area contributed by atoms with Gasteiger partial charge in [-0.25, -0.2) is 0 Å². The summed E-state index contributed by atoms with van der Waals surface area (Å²) in [5, 5.41) is 12.1. The summed E-state index contributed by atoms with van der Waals surface area (Å²) in [5.41, 5.74) is 3.83. The Morgan fingerprint density at radius 1 is 1.12 bits per heavy atom. The number of aryl methyl sites for hydroxylation is 1. The monoisotopic (exact) mass is 473 g/mol. The van der Waals surface area contributed by atoms with Gasteiger partial charge in [0.15, 0.2) is 22.5 Å². The van der Waals surface area contributed by atoms with Gasteiger partial charge in [0.25, 0.3) is 0 Å². The second-order valence-corrected chi connectivity index (χ2v) is 9.14. The van der Waals surface area contributed by atoms with Crippen molar-refractivity contribution in [1.82, 2.24) is 25.1 Å². The predicted octanol–water partition coefficient (Wildman–Crippen LogP) is 4.16. The Bertz CT molecular complexity index is 1330. The molecule has 3 heterocycles. The third-order valence-electron chi connectivity index (χ3n) is 5.46. The van der Waals surface area contributed by atoms with Gasteiger partial charge in [0.05, 0.1) is 10.9 Å². The van der Waals surface area contributed by atoms with E-state index in [2.05, 4.69) is 20.5 Å². The molecule has 1 aliphatic heterocycles. The molecule has 2 aromatic heterocycles. The Morgan fingerprint density at radius 3 is 2.79 bits per heavy atom. The molecule has 0 unspecified atom stereocenters. The number of benzene rings is 2. The second kappa shape index (κ2) is 9.56. The number of amides is 1. The van der Waals surface area contributed by atoms with Gasteiger partial charge in [0.2, 0.25) is 12.7 Å². The number of nitrogens with one attached hydrogen (secondary N) is 1. The van der Waals surface area contributed by atoms with Crippen molar-refractivity contribution < 1.29 is 14.3 Å². The van der Waals surface area contributed by atoms with Crippen molar-refractivity contribution in [1.29, 1.82) is 0 Å². The number of para-hydroxylation sites is 1. The third-order valence-corrected chi connectivity index (χ3v) is 6.51. The Morgan fingerprint density at radius 2 is 1.97 bits per heavy atom. The number of nitrogens with zero attached hydrogens (tertiary/aromatic N) is 4. The number of aromatic nitrogens is 4. The van der Waals surface area contributed by atoms with Crippen molar-refractivity contribution in [2.24, 2.45) is 0 Å². The normalized spacial score (nSPS) is 13.0. The highest BCUT2D eigenvalue weighted by Crippen LogP contribution is 2.33. The first kappa shape index (κ1) is 22.0. The standard InChI is InChI=1S/C25H23N5O3S/c1-16-6-3-4-8-20(16)30-23(19-7-5-11-26-14-19)28-29-25(30)34-17(2)24(31)27-13-18-9-10-21-22(12-18)33-15-32-21/h3-12,14,17H,13,15H2,1-2H3,(H,27,31)/t17-/m1/s1. The number of hydrogen-bond acceptors (Lipinski definition) is 7. The van der Waals surface area contributed by atoms with Gasteiger partial charge in [-0.05, 0) is 55.3 Å². The van der Waals surface area contributed by atoms with E-state index in [1.807, 2.05) is 73.0 Å². The van der Waals surface area contributed by atoms with E-state index >= 15 is 0 Å². The Hall–Kier alpha value is -3.85. The average molecular weight is 474 g/mol. The van der Waals surface area contributed by atoms with Crippen molar-refractivity contribution in [3.63, 3.8) is 0 Å². The molecule has 0 radical (unpaired) electrons. The molecule has 0 aliphatic carbocycles. The van der Waals surface area contributed by atoms with Crippen molar-refractivity contribution in [3.8, 4) is 28.6 Å². The largest absolute Gasteiger partial charge is 0.454 e. The summed E-state index contributed by atoms with van der Waals surface area (Å²) in [6.45, 7) is 4.52. The van der Waals surface area contributed by atoms with Crippen molar-refractivity contribution >= 4 is 17.7 Å². The Labute approximate surface area is 201 Å². The summed E-state index contributed by atoms with van der Waals surface area (Å²) in [6.07, 6.45) is 3.48. The molecule has 34 heavy (non-hydrogen) atoms. The Balaban J connectivity index is 1.35. The van der Waals surface area contributed by atoms with E-state index < -0.39 is 0 Å². The lowest BCUT2D eigenvalue weighted by molar-refractivity contribution is -0.120. The highest BCUT2D eigenvalue weighted by atomic mass is 32.2. The number of pyridine rings is 1. The summed E-state index contributed by atoms with van der Waals surface area (Å²) in [5.74, 6) is 2.00. The molecule has 172 valence electrons. The summed E-state index contributed by atoms with van der Waals surface area (Å²) in [6, 6.07) is 17.5. The first-order chi connectivity index (χ1) is 16.6. The molecule has 0 fully saturated rings. The molecule has 1 N–H and O–H groups in total. The Kier molecular flexibility index (Phi) is 6.18. The van der Waals surface area contributed by atoms with Gasteiger partial charge in [-0.2, -0.15) is 0 Å². The zero-order valence-electron chi connectivity index (χ0n) is 18.8. The van der Waals surface area contributed by atoms with Crippen LogP contribution in [0.2, 0.25) is 0 Å². The number of fused-ring (bicyclic) bond motifs is 1. The van der Waals surface area contributed by atoms with Gasteiger partial charge in [-0.3, -0.25) is 14.3 Å². The first-order valence-electron chi connectivity index (χ1n) is 10.8. The fourth-order valence-corrected chi connectivity index (χ4v) is 4.54. The molecular weight excluding hydrogens is 450 g/mol. The highest BCUT2D eigenvalue weighted by molar-refractivity contribution is 8.00. The van der Waals surface area contributed by atoms with Gasteiger partial charge in [0.1, 0.15) is 0 Å². The van der Waals surface area contributed by atoms with Gasteiger partial charge >= 0.3 is 0 Å². The van der Waals surface area contributed by atoms with Crippen LogP contribution in [0, 0.1) is 6.92 Å². The van der Waals surface area contributed by atoms with E-state index in [0.717, 1.165) is 28.1 Å². The maximum atomic E-state index is 12.9. The molecule has 2 aromatic carbocycles. The quantitative estimate of drug-likeness (QED) is 0.403. The van der Waals surface area contributed by atoms with Crippen molar-refractivity contribution in [2.45, 2.75) is 30.8 Å². The molecule has 0 spiro atoms. The van der Waals surface area contributed by atoms with Crippen molar-refractivity contribution in [2.75, 3.05) is 6.79 Å². The molecule has 5 rings (SSSR count). The number of carbonyl (C=O) groups excluding carboxylic acids is 1. The van der Waals surface area contributed by atoms with Gasteiger partial charge < -0.3 is 14.8 Å². The fourth-order valence-electron chi connectivity index (χ4n) is 3.66. The SMILES string of the molecule is Cc1ccccc1-n1c(S[C@H](C)C(=O)NCc2ccc3c(c2)OCO3)nnc1-c1cccnc1. The lowest BCUT2D eigenvalue weighted by Crippen LogP contribution is -2.30. The highest BCUT2D eigenvalue weighted by Gasteiger charge is 2.23. The third kappa shape index (κ3) is 4.47. The average Bonchev–Trinajstić information content (AvgIpc) is 3.50. The van der Waals surface area contributed by atoms with Crippen LogP contribution in [-0.4, -0.2) is 37.7 Å². The number of carbonyl (C=O) groups is 1. The van der Waals surface area contributed by atoms with Gasteiger partial charge in [-0.15, -0.1) is 10.2 Å². The molecule has 1 atom stereocenters. The lowest BCUT2D eigenvalue weighted by Gasteiger charge is -2.15. The van der Waals surface area contributed by atoms with E-state index in [9.17, 15) is 4.79 Å². The number of ether oxygens (including phenoxy) is 2. The molecule has 1 aliphatic rings. The minimum absolute atomic E-state index is 0.0927. The molecule has 8 nitrogen and oxygen atoms in total. The first-order valence-corrected chi connectivity index (χ1v) is 11.7. The molecule has 4 aromatic rings. The van der Waals surface area contributed by atoms with Crippen LogP contribution in [0.15, 0.2) is 72.1 Å². The maximum Gasteiger partial charge on any atom is 0.233 e. The minimum atomic E-state index is -0.386. The molecule has 0 saturated carbocycles. The second-order valence-electron chi connectivity index (χ2n) is 7.84. The summed E-state index contributed by atoms with van der Waals surface area (Å²) in [4.78, 5) is 17.1. The lowest BCUT2D eigenvalue weighted by atomic mass is 10.2. The van der Waals surface area contributed by atoms with Crippen molar-refractivity contribution in [3.05, 3.63) is 78.1 Å². The minimum Gasteiger partial charge on any atom is -0.454 e. The zero-order valence-corrected chi connectivity index (χ0v) is 19.6. The smallest absolute Gasteiger partial charge is 0.233 e. The molecule has 1 amide bonds. The molecular formula is C25H23N5O3S. The zero-order chi connectivity index (χ0) is 23.5. The van der Waals surface area contributed by atoms with Gasteiger partial charge in [0, 0.05) is 24.5 Å².